The summed E-state index contributed by atoms with van der Waals surface area (Å²) in [5.74, 6) is 0.477. The first-order valence-corrected chi connectivity index (χ1v) is 9.15. The fraction of sp³-hybridized carbons (Fsp3) is 0.381. The van der Waals surface area contributed by atoms with Gasteiger partial charge in [0.25, 0.3) is 5.91 Å². The second-order valence-electron chi connectivity index (χ2n) is 6.71. The van der Waals surface area contributed by atoms with E-state index in [2.05, 4.69) is 5.32 Å². The van der Waals surface area contributed by atoms with Crippen LogP contribution in [0.4, 0.5) is 0 Å². The third kappa shape index (κ3) is 4.47. The third-order valence-electron chi connectivity index (χ3n) is 4.77. The first kappa shape index (κ1) is 18.0. The summed E-state index contributed by atoms with van der Waals surface area (Å²) in [6.07, 6.45) is -0.474. The standard InChI is InChI=1S/C21H23NO5/c23-19(14-24-16-9-5-2-6-10-16)22-17-12-26-21-18(13-27-20(17)21)25-11-15-7-3-1-4-8-15/h1-10,17-18,20-21H,11-14H2,(H,22,23)/t17-,18-,20-,21+/m0/s1. The van der Waals surface area contributed by atoms with E-state index in [0.29, 0.717) is 25.6 Å². The molecule has 0 aromatic heterocycles. The monoisotopic (exact) mass is 369 g/mol. The van der Waals surface area contributed by atoms with Crippen LogP contribution in [-0.4, -0.2) is 50.1 Å². The van der Waals surface area contributed by atoms with Crippen molar-refractivity contribution in [1.29, 1.82) is 0 Å². The third-order valence-corrected chi connectivity index (χ3v) is 4.77. The van der Waals surface area contributed by atoms with E-state index in [9.17, 15) is 4.79 Å². The molecule has 2 aliphatic heterocycles. The quantitative estimate of drug-likeness (QED) is 0.808. The largest absolute Gasteiger partial charge is 0.484 e. The zero-order valence-electron chi connectivity index (χ0n) is 15.0. The Balaban J connectivity index is 1.24. The Bertz CT molecular complexity index is 739. The minimum Gasteiger partial charge on any atom is -0.484 e. The van der Waals surface area contributed by atoms with Crippen molar-refractivity contribution < 1.29 is 23.7 Å². The first-order valence-electron chi connectivity index (χ1n) is 9.15. The lowest BCUT2D eigenvalue weighted by atomic mass is 10.1. The van der Waals surface area contributed by atoms with E-state index in [0.717, 1.165) is 5.56 Å². The molecule has 0 aliphatic carbocycles. The number of amides is 1. The molecule has 4 atom stereocenters. The average molecular weight is 369 g/mol. The fourth-order valence-corrected chi connectivity index (χ4v) is 3.42. The maximum absolute atomic E-state index is 12.2. The second kappa shape index (κ2) is 8.52. The zero-order valence-corrected chi connectivity index (χ0v) is 15.0. The van der Waals surface area contributed by atoms with Crippen molar-refractivity contribution in [2.45, 2.75) is 31.0 Å². The predicted molar refractivity (Wildman–Crippen MR) is 98.4 cm³/mol. The van der Waals surface area contributed by atoms with Crippen LogP contribution in [0.3, 0.4) is 0 Å². The summed E-state index contributed by atoms with van der Waals surface area (Å²) in [5, 5.41) is 2.95. The van der Waals surface area contributed by atoms with Crippen LogP contribution in [0, 0.1) is 0 Å². The molecular formula is C21H23NO5. The molecule has 6 nitrogen and oxygen atoms in total. The highest BCUT2D eigenvalue weighted by Crippen LogP contribution is 2.29. The maximum Gasteiger partial charge on any atom is 0.258 e. The number of rotatable bonds is 7. The van der Waals surface area contributed by atoms with Crippen molar-refractivity contribution in [3.63, 3.8) is 0 Å². The van der Waals surface area contributed by atoms with E-state index < -0.39 is 0 Å². The van der Waals surface area contributed by atoms with Gasteiger partial charge >= 0.3 is 0 Å². The molecule has 2 aromatic carbocycles. The maximum atomic E-state index is 12.2. The zero-order chi connectivity index (χ0) is 18.5. The number of fused-ring (bicyclic) bond motifs is 1. The molecule has 2 aliphatic rings. The molecule has 2 aromatic rings. The molecule has 4 rings (SSSR count). The van der Waals surface area contributed by atoms with E-state index in [-0.39, 0.29) is 36.9 Å². The predicted octanol–water partition coefficient (Wildman–Crippen LogP) is 1.93. The Morgan fingerprint density at radius 2 is 1.67 bits per heavy atom. The van der Waals surface area contributed by atoms with Gasteiger partial charge < -0.3 is 24.3 Å². The summed E-state index contributed by atoms with van der Waals surface area (Å²) >= 11 is 0. The van der Waals surface area contributed by atoms with Gasteiger partial charge in [-0.05, 0) is 17.7 Å². The molecule has 0 bridgehead atoms. The Hall–Kier alpha value is -2.41. The van der Waals surface area contributed by atoms with Crippen LogP contribution in [0.25, 0.3) is 0 Å². The molecule has 27 heavy (non-hydrogen) atoms. The molecule has 2 saturated heterocycles. The number of ether oxygens (including phenoxy) is 4. The molecule has 6 heteroatoms. The molecule has 2 fully saturated rings. The Morgan fingerprint density at radius 3 is 2.44 bits per heavy atom. The Kier molecular flexibility index (Phi) is 5.67. The van der Waals surface area contributed by atoms with Gasteiger partial charge in [0.05, 0.1) is 25.9 Å². The van der Waals surface area contributed by atoms with Crippen LogP contribution in [0.2, 0.25) is 0 Å². The summed E-state index contributed by atoms with van der Waals surface area (Å²) in [5.41, 5.74) is 1.11. The topological polar surface area (TPSA) is 66.0 Å². The van der Waals surface area contributed by atoms with Gasteiger partial charge in [-0.15, -0.1) is 0 Å². The van der Waals surface area contributed by atoms with Crippen molar-refractivity contribution in [1.82, 2.24) is 5.32 Å². The van der Waals surface area contributed by atoms with Crippen LogP contribution in [0.5, 0.6) is 5.75 Å². The molecule has 1 N–H and O–H groups in total. The van der Waals surface area contributed by atoms with Gasteiger partial charge in [0.1, 0.15) is 24.1 Å². The number of carbonyl (C=O) groups is 1. The van der Waals surface area contributed by atoms with Gasteiger partial charge in [0.2, 0.25) is 0 Å². The molecule has 2 heterocycles. The highest BCUT2D eigenvalue weighted by atomic mass is 16.6. The van der Waals surface area contributed by atoms with Gasteiger partial charge in [0, 0.05) is 0 Å². The van der Waals surface area contributed by atoms with Gasteiger partial charge in [-0.1, -0.05) is 48.5 Å². The summed E-state index contributed by atoms with van der Waals surface area (Å²) < 4.78 is 23.2. The van der Waals surface area contributed by atoms with Crippen LogP contribution >= 0.6 is 0 Å². The molecular weight excluding hydrogens is 346 g/mol. The van der Waals surface area contributed by atoms with Crippen LogP contribution < -0.4 is 10.1 Å². The van der Waals surface area contributed by atoms with Crippen molar-refractivity contribution in [3.8, 4) is 5.75 Å². The number of hydrogen-bond acceptors (Lipinski definition) is 5. The van der Waals surface area contributed by atoms with Gasteiger partial charge in [-0.2, -0.15) is 0 Å². The summed E-state index contributed by atoms with van der Waals surface area (Å²) in [6, 6.07) is 19.1. The Labute approximate surface area is 158 Å². The first-order chi connectivity index (χ1) is 13.3. The van der Waals surface area contributed by atoms with Gasteiger partial charge in [-0.3, -0.25) is 4.79 Å². The van der Waals surface area contributed by atoms with E-state index in [1.165, 1.54) is 0 Å². The molecule has 0 saturated carbocycles. The van der Waals surface area contributed by atoms with Crippen LogP contribution in [0.15, 0.2) is 60.7 Å². The lowest BCUT2D eigenvalue weighted by Crippen LogP contribution is -2.46. The van der Waals surface area contributed by atoms with Crippen molar-refractivity contribution in [2.75, 3.05) is 19.8 Å². The minimum absolute atomic E-state index is 0.0359. The highest BCUT2D eigenvalue weighted by molar-refractivity contribution is 5.78. The SMILES string of the molecule is O=C(COc1ccccc1)N[C@H]1CO[C@H]2[C@H]1OC[C@@H]2OCc1ccccc1. The molecule has 0 radical (unpaired) electrons. The fourth-order valence-electron chi connectivity index (χ4n) is 3.42. The van der Waals surface area contributed by atoms with Crippen molar-refractivity contribution in [3.05, 3.63) is 66.2 Å². The summed E-state index contributed by atoms with van der Waals surface area (Å²) in [7, 11) is 0. The molecule has 0 spiro atoms. The lowest BCUT2D eigenvalue weighted by molar-refractivity contribution is -0.124. The highest BCUT2D eigenvalue weighted by Gasteiger charge is 2.48. The number of para-hydroxylation sites is 1. The Morgan fingerprint density at radius 1 is 0.963 bits per heavy atom. The molecule has 0 unspecified atom stereocenters. The van der Waals surface area contributed by atoms with E-state index in [1.807, 2.05) is 60.7 Å². The smallest absolute Gasteiger partial charge is 0.258 e. The van der Waals surface area contributed by atoms with Gasteiger partial charge in [-0.25, -0.2) is 0 Å². The summed E-state index contributed by atoms with van der Waals surface area (Å²) in [4.78, 5) is 12.2. The van der Waals surface area contributed by atoms with Gasteiger partial charge in [0.15, 0.2) is 6.61 Å². The van der Waals surface area contributed by atoms with E-state index >= 15 is 0 Å². The number of nitrogens with one attached hydrogen (secondary N) is 1. The molecule has 142 valence electrons. The summed E-state index contributed by atoms with van der Waals surface area (Å²) in [6.45, 7) is 1.36. The number of carbonyl (C=O) groups excluding carboxylic acids is 1. The lowest BCUT2D eigenvalue weighted by Gasteiger charge is -2.18. The second-order valence-corrected chi connectivity index (χ2v) is 6.71. The van der Waals surface area contributed by atoms with Crippen molar-refractivity contribution >= 4 is 5.91 Å². The van der Waals surface area contributed by atoms with Crippen LogP contribution in [-0.2, 0) is 25.6 Å². The average Bonchev–Trinajstić information content (AvgIpc) is 3.29. The number of benzene rings is 2. The minimum atomic E-state index is -0.189. The van der Waals surface area contributed by atoms with Crippen LogP contribution in [0.1, 0.15) is 5.56 Å². The van der Waals surface area contributed by atoms with E-state index in [1.54, 1.807) is 0 Å². The van der Waals surface area contributed by atoms with Crippen molar-refractivity contribution in [2.24, 2.45) is 0 Å². The normalized spacial score (nSPS) is 26.5. The van der Waals surface area contributed by atoms with E-state index in [4.69, 9.17) is 18.9 Å². The molecule has 1 amide bonds. The number of hydrogen-bond donors (Lipinski definition) is 1.